The SMILES string of the molecule is CCn1cc(CN2CCc3c([nH]c4ccccc34)C2c2ccc(SC)cc2)c(C)n1. The average Bonchev–Trinajstić information content (AvgIpc) is 3.33. The van der Waals surface area contributed by atoms with E-state index in [0.29, 0.717) is 0 Å². The summed E-state index contributed by atoms with van der Waals surface area (Å²) in [7, 11) is 0. The van der Waals surface area contributed by atoms with Crippen molar-refractivity contribution in [2.75, 3.05) is 12.8 Å². The number of fused-ring (bicyclic) bond motifs is 3. The zero-order valence-corrected chi connectivity index (χ0v) is 18.7. The summed E-state index contributed by atoms with van der Waals surface area (Å²) in [5.74, 6) is 0. The smallest absolute Gasteiger partial charge is 0.0760 e. The van der Waals surface area contributed by atoms with Crippen LogP contribution in [0.3, 0.4) is 0 Å². The number of aromatic amines is 1. The molecule has 1 N–H and O–H groups in total. The molecule has 1 aliphatic rings. The highest BCUT2D eigenvalue weighted by Gasteiger charge is 2.32. The Morgan fingerprint density at radius 3 is 2.67 bits per heavy atom. The molecule has 3 heterocycles. The third-order valence-electron chi connectivity index (χ3n) is 6.31. The van der Waals surface area contributed by atoms with Gasteiger partial charge in [-0.1, -0.05) is 30.3 Å². The van der Waals surface area contributed by atoms with Crippen molar-refractivity contribution >= 4 is 22.7 Å². The number of rotatable bonds is 5. The van der Waals surface area contributed by atoms with E-state index < -0.39 is 0 Å². The van der Waals surface area contributed by atoms with Crippen LogP contribution in [0.1, 0.15) is 41.0 Å². The standard InChI is InChI=1S/C25H28N4S/c1-4-29-16-19(17(2)27-29)15-28-14-13-22-21-7-5-6-8-23(21)26-24(22)25(28)18-9-11-20(30-3)12-10-18/h5-12,16,25-26H,4,13-15H2,1-3H3. The summed E-state index contributed by atoms with van der Waals surface area (Å²) in [4.78, 5) is 7.68. The Morgan fingerprint density at radius 1 is 1.13 bits per heavy atom. The van der Waals surface area contributed by atoms with E-state index in [1.165, 1.54) is 38.2 Å². The van der Waals surface area contributed by atoms with Gasteiger partial charge < -0.3 is 4.98 Å². The van der Waals surface area contributed by atoms with Crippen LogP contribution in [0.25, 0.3) is 10.9 Å². The molecule has 0 aliphatic carbocycles. The predicted octanol–water partition coefficient (Wildman–Crippen LogP) is 5.56. The van der Waals surface area contributed by atoms with E-state index >= 15 is 0 Å². The molecule has 154 valence electrons. The zero-order chi connectivity index (χ0) is 20.7. The van der Waals surface area contributed by atoms with Crippen molar-refractivity contribution in [3.8, 4) is 0 Å². The van der Waals surface area contributed by atoms with Crippen molar-refractivity contribution in [1.29, 1.82) is 0 Å². The van der Waals surface area contributed by atoms with E-state index in [2.05, 4.69) is 89.8 Å². The van der Waals surface area contributed by atoms with Crippen LogP contribution in [0.15, 0.2) is 59.6 Å². The lowest BCUT2D eigenvalue weighted by Gasteiger charge is -2.36. The topological polar surface area (TPSA) is 36.9 Å². The quantitative estimate of drug-likeness (QED) is 0.433. The Labute approximate surface area is 182 Å². The normalized spacial score (nSPS) is 16.8. The van der Waals surface area contributed by atoms with Crippen LogP contribution in [-0.4, -0.2) is 32.5 Å². The maximum atomic E-state index is 4.67. The fraction of sp³-hybridized carbons (Fsp3) is 0.320. The second-order valence-corrected chi connectivity index (χ2v) is 8.93. The molecule has 0 radical (unpaired) electrons. The summed E-state index contributed by atoms with van der Waals surface area (Å²) in [5, 5.41) is 6.04. The minimum atomic E-state index is 0.224. The van der Waals surface area contributed by atoms with Gasteiger partial charge in [-0.3, -0.25) is 9.58 Å². The minimum absolute atomic E-state index is 0.224. The Balaban J connectivity index is 1.59. The molecular weight excluding hydrogens is 388 g/mol. The van der Waals surface area contributed by atoms with Crippen LogP contribution in [0, 0.1) is 6.92 Å². The molecular formula is C25H28N4S. The zero-order valence-electron chi connectivity index (χ0n) is 17.9. The van der Waals surface area contributed by atoms with Gasteiger partial charge in [0.25, 0.3) is 0 Å². The lowest BCUT2D eigenvalue weighted by molar-refractivity contribution is 0.201. The largest absolute Gasteiger partial charge is 0.357 e. The second kappa shape index (κ2) is 7.97. The highest BCUT2D eigenvalue weighted by molar-refractivity contribution is 7.98. The van der Waals surface area contributed by atoms with Gasteiger partial charge in [0.2, 0.25) is 0 Å². The van der Waals surface area contributed by atoms with Crippen LogP contribution < -0.4 is 0 Å². The average molecular weight is 417 g/mol. The Morgan fingerprint density at radius 2 is 1.93 bits per heavy atom. The predicted molar refractivity (Wildman–Crippen MR) is 125 cm³/mol. The minimum Gasteiger partial charge on any atom is -0.357 e. The van der Waals surface area contributed by atoms with Gasteiger partial charge in [0, 0.05) is 52.9 Å². The first-order valence-electron chi connectivity index (χ1n) is 10.7. The number of nitrogens with zero attached hydrogens (tertiary/aromatic N) is 3. The monoisotopic (exact) mass is 416 g/mol. The van der Waals surface area contributed by atoms with Crippen LogP contribution in [0.4, 0.5) is 0 Å². The summed E-state index contributed by atoms with van der Waals surface area (Å²) in [6, 6.07) is 18.0. The Kier molecular flexibility index (Phi) is 5.17. The molecule has 2 aromatic heterocycles. The summed E-state index contributed by atoms with van der Waals surface area (Å²) in [6.07, 6.45) is 5.41. The number of para-hydroxylation sites is 1. The molecule has 1 aliphatic heterocycles. The van der Waals surface area contributed by atoms with E-state index in [1.54, 1.807) is 11.8 Å². The van der Waals surface area contributed by atoms with Crippen molar-refractivity contribution in [3.05, 3.63) is 82.8 Å². The first-order valence-corrected chi connectivity index (χ1v) is 11.9. The van der Waals surface area contributed by atoms with Crippen molar-refractivity contribution < 1.29 is 0 Å². The van der Waals surface area contributed by atoms with Gasteiger partial charge >= 0.3 is 0 Å². The van der Waals surface area contributed by atoms with Crippen LogP contribution >= 0.6 is 11.8 Å². The molecule has 0 saturated carbocycles. The highest BCUT2D eigenvalue weighted by Crippen LogP contribution is 2.39. The lowest BCUT2D eigenvalue weighted by atomic mass is 9.92. The first kappa shape index (κ1) is 19.5. The molecule has 2 aromatic carbocycles. The molecule has 0 spiro atoms. The molecule has 5 rings (SSSR count). The van der Waals surface area contributed by atoms with Crippen LogP contribution in [-0.2, 0) is 19.5 Å². The van der Waals surface area contributed by atoms with E-state index in [1.807, 2.05) is 4.68 Å². The fourth-order valence-electron chi connectivity index (χ4n) is 4.72. The maximum absolute atomic E-state index is 4.67. The maximum Gasteiger partial charge on any atom is 0.0760 e. The number of nitrogens with one attached hydrogen (secondary N) is 1. The number of H-pyrrole nitrogens is 1. The van der Waals surface area contributed by atoms with Gasteiger partial charge in [-0.2, -0.15) is 5.10 Å². The number of aromatic nitrogens is 3. The number of hydrogen-bond donors (Lipinski definition) is 1. The van der Waals surface area contributed by atoms with Crippen molar-refractivity contribution in [1.82, 2.24) is 19.7 Å². The molecule has 1 unspecified atom stereocenters. The van der Waals surface area contributed by atoms with Crippen molar-refractivity contribution in [3.63, 3.8) is 0 Å². The van der Waals surface area contributed by atoms with Gasteiger partial charge in [0.15, 0.2) is 0 Å². The van der Waals surface area contributed by atoms with Crippen molar-refractivity contribution in [2.45, 2.75) is 44.3 Å². The molecule has 0 fully saturated rings. The molecule has 0 bridgehead atoms. The number of hydrogen-bond acceptors (Lipinski definition) is 3. The molecule has 4 nitrogen and oxygen atoms in total. The van der Waals surface area contributed by atoms with Crippen molar-refractivity contribution in [2.24, 2.45) is 0 Å². The third kappa shape index (κ3) is 3.36. The Hall–Kier alpha value is -2.50. The molecule has 1 atom stereocenters. The fourth-order valence-corrected chi connectivity index (χ4v) is 5.13. The van der Waals surface area contributed by atoms with E-state index in [0.717, 1.165) is 31.7 Å². The molecule has 30 heavy (non-hydrogen) atoms. The van der Waals surface area contributed by atoms with Gasteiger partial charge in [0.1, 0.15) is 0 Å². The van der Waals surface area contributed by atoms with Gasteiger partial charge in [-0.05, 0) is 55.9 Å². The molecule has 5 heteroatoms. The number of aryl methyl sites for hydroxylation is 2. The number of thioether (sulfide) groups is 1. The first-order chi connectivity index (χ1) is 14.7. The molecule has 0 saturated heterocycles. The summed E-state index contributed by atoms with van der Waals surface area (Å²) < 4.78 is 2.05. The lowest BCUT2D eigenvalue weighted by Crippen LogP contribution is -2.35. The van der Waals surface area contributed by atoms with Gasteiger partial charge in [0.05, 0.1) is 11.7 Å². The molecule has 0 amide bonds. The van der Waals surface area contributed by atoms with Gasteiger partial charge in [-0.25, -0.2) is 0 Å². The Bertz CT molecular complexity index is 1170. The third-order valence-corrected chi connectivity index (χ3v) is 7.05. The van der Waals surface area contributed by atoms with E-state index in [4.69, 9.17) is 0 Å². The van der Waals surface area contributed by atoms with Crippen LogP contribution in [0.5, 0.6) is 0 Å². The summed E-state index contributed by atoms with van der Waals surface area (Å²) in [6.45, 7) is 7.13. The number of benzene rings is 2. The summed E-state index contributed by atoms with van der Waals surface area (Å²) >= 11 is 1.79. The van der Waals surface area contributed by atoms with Crippen LogP contribution in [0.2, 0.25) is 0 Å². The highest BCUT2D eigenvalue weighted by atomic mass is 32.2. The van der Waals surface area contributed by atoms with E-state index in [-0.39, 0.29) is 6.04 Å². The second-order valence-electron chi connectivity index (χ2n) is 8.05. The van der Waals surface area contributed by atoms with E-state index in [9.17, 15) is 0 Å². The summed E-state index contributed by atoms with van der Waals surface area (Å²) in [5.41, 5.74) is 7.87. The molecule has 4 aromatic rings. The van der Waals surface area contributed by atoms with Gasteiger partial charge in [-0.15, -0.1) is 11.8 Å².